The molecule has 0 atom stereocenters. The summed E-state index contributed by atoms with van der Waals surface area (Å²) in [5.74, 6) is 0. The van der Waals surface area contributed by atoms with Gasteiger partial charge in [-0.2, -0.15) is 0 Å². The van der Waals surface area contributed by atoms with Gasteiger partial charge in [-0.1, -0.05) is 151 Å². The number of rotatable bonds is 5. The van der Waals surface area contributed by atoms with Gasteiger partial charge in [0.15, 0.2) is 0 Å². The third kappa shape index (κ3) is 4.82. The van der Waals surface area contributed by atoms with E-state index in [9.17, 15) is 0 Å². The average molecular weight is 693 g/mol. The van der Waals surface area contributed by atoms with Crippen LogP contribution in [0.15, 0.2) is 204 Å². The molecule has 0 saturated heterocycles. The molecule has 0 N–H and O–H groups in total. The minimum Gasteiger partial charge on any atom is -0.310 e. The summed E-state index contributed by atoms with van der Waals surface area (Å²) in [6, 6.07) is 70.9. The average Bonchev–Trinajstić information content (AvgIpc) is 3.57. The van der Waals surface area contributed by atoms with Crippen molar-refractivity contribution in [1.82, 2.24) is 4.57 Å². The second-order valence-electron chi connectivity index (χ2n) is 13.7. The molecule has 1 aliphatic rings. The lowest BCUT2D eigenvalue weighted by molar-refractivity contribution is 1.09. The second kappa shape index (κ2) is 12.0. The van der Waals surface area contributed by atoms with Crippen LogP contribution in [0.1, 0.15) is 0 Å². The first-order valence-corrected chi connectivity index (χ1v) is 18.9. The summed E-state index contributed by atoms with van der Waals surface area (Å²) in [5.41, 5.74) is 12.1. The summed E-state index contributed by atoms with van der Waals surface area (Å²) in [6.07, 6.45) is 0. The molecule has 0 bridgehead atoms. The van der Waals surface area contributed by atoms with Gasteiger partial charge in [0.1, 0.15) is 0 Å². The Balaban J connectivity index is 1.02. The lowest BCUT2D eigenvalue weighted by Crippen LogP contribution is -2.10. The largest absolute Gasteiger partial charge is 0.310 e. The van der Waals surface area contributed by atoms with Crippen LogP contribution in [-0.4, -0.2) is 4.57 Å². The molecule has 0 fully saturated rings. The summed E-state index contributed by atoms with van der Waals surface area (Å²) < 4.78 is 2.47. The number of hydrogen-bond acceptors (Lipinski definition) is 2. The Morgan fingerprint density at radius 3 is 1.79 bits per heavy atom. The third-order valence-corrected chi connectivity index (χ3v) is 11.9. The van der Waals surface area contributed by atoms with Crippen LogP contribution in [0.3, 0.4) is 0 Å². The van der Waals surface area contributed by atoms with E-state index in [1.54, 1.807) is 0 Å². The first kappa shape index (κ1) is 30.1. The lowest BCUT2D eigenvalue weighted by Gasteiger charge is -2.27. The molecule has 10 aromatic rings. The summed E-state index contributed by atoms with van der Waals surface area (Å²) in [5, 5.41) is 7.59. The van der Waals surface area contributed by atoms with Crippen molar-refractivity contribution in [3.63, 3.8) is 0 Å². The molecule has 0 saturated carbocycles. The van der Waals surface area contributed by atoms with Gasteiger partial charge >= 0.3 is 0 Å². The predicted molar refractivity (Wildman–Crippen MR) is 225 cm³/mol. The van der Waals surface area contributed by atoms with E-state index >= 15 is 0 Å². The zero-order chi connectivity index (χ0) is 34.9. The van der Waals surface area contributed by atoms with Crippen molar-refractivity contribution in [2.75, 3.05) is 4.90 Å². The highest BCUT2D eigenvalue weighted by Crippen LogP contribution is 2.50. The van der Waals surface area contributed by atoms with Gasteiger partial charge < -0.3 is 9.47 Å². The number of benzene rings is 9. The molecule has 0 aliphatic carbocycles. The quantitative estimate of drug-likeness (QED) is 0.177. The van der Waals surface area contributed by atoms with E-state index in [0.29, 0.717) is 0 Å². The normalized spacial score (nSPS) is 12.1. The van der Waals surface area contributed by atoms with E-state index in [2.05, 4.69) is 204 Å². The number of nitrogens with zero attached hydrogens (tertiary/aromatic N) is 2. The van der Waals surface area contributed by atoms with Crippen LogP contribution in [0.2, 0.25) is 0 Å². The minimum atomic E-state index is 1.11. The van der Waals surface area contributed by atoms with Crippen molar-refractivity contribution >= 4 is 72.2 Å². The van der Waals surface area contributed by atoms with Crippen LogP contribution >= 0.6 is 11.8 Å². The molecule has 0 radical (unpaired) electrons. The molecule has 1 aliphatic heterocycles. The highest BCUT2D eigenvalue weighted by Gasteiger charge is 2.25. The van der Waals surface area contributed by atoms with E-state index in [-0.39, 0.29) is 0 Å². The Hall–Kier alpha value is -6.55. The molecular formula is C50H32N2S. The molecule has 3 heteroatoms. The summed E-state index contributed by atoms with van der Waals surface area (Å²) >= 11 is 1.89. The van der Waals surface area contributed by atoms with Crippen LogP contribution in [0.25, 0.3) is 71.3 Å². The van der Waals surface area contributed by atoms with Gasteiger partial charge in [-0.15, -0.1) is 0 Å². The first-order chi connectivity index (χ1) is 26.3. The summed E-state index contributed by atoms with van der Waals surface area (Å²) in [4.78, 5) is 4.96. The van der Waals surface area contributed by atoms with Gasteiger partial charge in [-0.3, -0.25) is 0 Å². The predicted octanol–water partition coefficient (Wildman–Crippen LogP) is 14.4. The number of anilines is 3. The Labute approximate surface area is 312 Å². The van der Waals surface area contributed by atoms with E-state index < -0.39 is 0 Å². The van der Waals surface area contributed by atoms with Crippen molar-refractivity contribution in [2.45, 2.75) is 9.79 Å². The fourth-order valence-corrected chi connectivity index (χ4v) is 9.51. The molecule has 0 spiro atoms. The van der Waals surface area contributed by atoms with Crippen LogP contribution < -0.4 is 4.90 Å². The lowest BCUT2D eigenvalue weighted by atomic mass is 9.98. The van der Waals surface area contributed by atoms with Crippen molar-refractivity contribution < 1.29 is 0 Å². The second-order valence-corrected chi connectivity index (χ2v) is 14.8. The van der Waals surface area contributed by atoms with Crippen molar-refractivity contribution in [1.29, 1.82) is 0 Å². The Morgan fingerprint density at radius 2 is 0.981 bits per heavy atom. The molecule has 2 nitrogen and oxygen atoms in total. The first-order valence-electron chi connectivity index (χ1n) is 18.1. The highest BCUT2D eigenvalue weighted by molar-refractivity contribution is 8.00. The topological polar surface area (TPSA) is 8.17 Å². The smallest absolute Gasteiger partial charge is 0.0681 e. The molecule has 0 amide bonds. The van der Waals surface area contributed by atoms with Crippen LogP contribution in [0.5, 0.6) is 0 Å². The van der Waals surface area contributed by atoms with Crippen LogP contribution in [-0.2, 0) is 0 Å². The molecule has 0 unspecified atom stereocenters. The van der Waals surface area contributed by atoms with E-state index in [1.165, 1.54) is 81.1 Å². The number of hydrogen-bond donors (Lipinski definition) is 0. The van der Waals surface area contributed by atoms with Crippen molar-refractivity contribution in [3.05, 3.63) is 194 Å². The van der Waals surface area contributed by atoms with E-state index in [0.717, 1.165) is 17.1 Å². The summed E-state index contributed by atoms with van der Waals surface area (Å²) in [7, 11) is 0. The van der Waals surface area contributed by atoms with Gasteiger partial charge in [0.25, 0.3) is 0 Å². The highest BCUT2D eigenvalue weighted by atomic mass is 32.2. The summed E-state index contributed by atoms with van der Waals surface area (Å²) in [6.45, 7) is 0. The van der Waals surface area contributed by atoms with Crippen molar-refractivity contribution in [3.8, 4) is 27.9 Å². The SMILES string of the molecule is c1cc(-c2ccc(N(c3ccc(-c4cccc5ccccc45)cc3)c3ccc4ccccc4c3)cc2)c2c(c1)-n1c3ccccc3c3cccc(c31)S2. The number of fused-ring (bicyclic) bond motifs is 7. The van der Waals surface area contributed by atoms with E-state index in [4.69, 9.17) is 0 Å². The molecule has 11 rings (SSSR count). The number of para-hydroxylation sites is 2. The van der Waals surface area contributed by atoms with Crippen molar-refractivity contribution in [2.24, 2.45) is 0 Å². The Morgan fingerprint density at radius 1 is 0.396 bits per heavy atom. The molecule has 1 aromatic heterocycles. The number of aromatic nitrogens is 1. The Kier molecular flexibility index (Phi) is 6.83. The van der Waals surface area contributed by atoms with E-state index in [1.807, 2.05) is 11.8 Å². The van der Waals surface area contributed by atoms with Crippen LogP contribution in [0, 0.1) is 0 Å². The van der Waals surface area contributed by atoms with Gasteiger partial charge in [-0.25, -0.2) is 0 Å². The molecule has 9 aromatic carbocycles. The maximum absolute atomic E-state index is 2.47. The Bertz CT molecular complexity index is 3020. The maximum Gasteiger partial charge on any atom is 0.0681 e. The molecule has 53 heavy (non-hydrogen) atoms. The molecular weight excluding hydrogens is 661 g/mol. The molecule has 248 valence electrons. The van der Waals surface area contributed by atoms with Gasteiger partial charge in [-0.05, 0) is 98.4 Å². The monoisotopic (exact) mass is 692 g/mol. The van der Waals surface area contributed by atoms with Gasteiger partial charge in [0.05, 0.1) is 16.7 Å². The van der Waals surface area contributed by atoms with Crippen LogP contribution in [0.4, 0.5) is 17.1 Å². The van der Waals surface area contributed by atoms with Gasteiger partial charge in [0.2, 0.25) is 0 Å². The fourth-order valence-electron chi connectivity index (χ4n) is 8.29. The maximum atomic E-state index is 2.47. The van der Waals surface area contributed by atoms with Gasteiger partial charge in [0, 0.05) is 37.6 Å². The zero-order valence-electron chi connectivity index (χ0n) is 28.8. The molecule has 2 heterocycles. The standard InChI is InChI=1S/C50H32N2S/c1-2-12-37-32-40(31-22-33(37)10-1)51(38-27-23-35(24-28-38)42-16-7-13-34-11-3-4-14-41(34)42)39-29-25-36(26-30-39)43-17-8-20-47-50(43)53-48-21-9-18-45-44-15-5-6-19-46(44)52(47)49(45)48/h1-32H. The minimum absolute atomic E-state index is 1.11. The zero-order valence-corrected chi connectivity index (χ0v) is 29.6. The fraction of sp³-hybridized carbons (Fsp3) is 0. The third-order valence-electron chi connectivity index (χ3n) is 10.8.